The molecule has 3 N–H and O–H groups in total. The number of nitrogens with zero attached hydrogens (tertiary/aromatic N) is 3. The Bertz CT molecular complexity index is 489. The monoisotopic (exact) mass is 217 g/mol. The largest absolute Gasteiger partial charge is 0.396 e. The topological polar surface area (TPSA) is 68.8 Å². The van der Waals surface area contributed by atoms with Crippen molar-refractivity contribution in [3.8, 4) is 0 Å². The minimum atomic E-state index is 0.657. The SMILES string of the molecule is Cc1c(CNc2ccncc2N)cnn1C. The van der Waals surface area contributed by atoms with Crippen LogP contribution in [0.4, 0.5) is 11.4 Å². The summed E-state index contributed by atoms with van der Waals surface area (Å²) in [6, 6.07) is 1.86. The first-order valence-electron chi connectivity index (χ1n) is 5.09. The van der Waals surface area contributed by atoms with E-state index in [0.29, 0.717) is 12.2 Å². The zero-order valence-electron chi connectivity index (χ0n) is 9.44. The lowest BCUT2D eigenvalue weighted by molar-refractivity contribution is 0.738. The lowest BCUT2D eigenvalue weighted by Crippen LogP contribution is -2.03. The number of pyridine rings is 1. The first-order chi connectivity index (χ1) is 7.68. The number of nitrogen functional groups attached to an aromatic ring is 1. The Labute approximate surface area is 94.3 Å². The van der Waals surface area contributed by atoms with Crippen LogP contribution in [0.1, 0.15) is 11.3 Å². The maximum Gasteiger partial charge on any atom is 0.0736 e. The molecule has 5 heteroatoms. The van der Waals surface area contributed by atoms with Crippen molar-refractivity contribution in [1.82, 2.24) is 14.8 Å². The van der Waals surface area contributed by atoms with Crippen LogP contribution in [-0.2, 0) is 13.6 Å². The fraction of sp³-hybridized carbons (Fsp3) is 0.273. The first-order valence-corrected chi connectivity index (χ1v) is 5.09. The standard InChI is InChI=1S/C11H15N5/c1-8-9(6-15-16(8)2)5-14-11-3-4-13-7-10(11)12/h3-4,6-7H,5,12H2,1-2H3,(H,13,14). The van der Waals surface area contributed by atoms with Gasteiger partial charge in [0.25, 0.3) is 0 Å². The van der Waals surface area contributed by atoms with Gasteiger partial charge in [0, 0.05) is 31.0 Å². The minimum absolute atomic E-state index is 0.657. The average Bonchev–Trinajstić information content (AvgIpc) is 2.59. The molecule has 0 aromatic carbocycles. The van der Waals surface area contributed by atoms with Crippen molar-refractivity contribution in [2.24, 2.45) is 7.05 Å². The highest BCUT2D eigenvalue weighted by atomic mass is 15.3. The highest BCUT2D eigenvalue weighted by molar-refractivity contribution is 5.64. The predicted molar refractivity (Wildman–Crippen MR) is 63.9 cm³/mol. The normalized spacial score (nSPS) is 10.4. The molecular weight excluding hydrogens is 202 g/mol. The summed E-state index contributed by atoms with van der Waals surface area (Å²) in [4.78, 5) is 3.94. The third kappa shape index (κ3) is 1.98. The molecule has 0 aliphatic heterocycles. The van der Waals surface area contributed by atoms with Gasteiger partial charge in [-0.25, -0.2) is 0 Å². The summed E-state index contributed by atoms with van der Waals surface area (Å²) in [5, 5.41) is 7.45. The van der Waals surface area contributed by atoms with Crippen molar-refractivity contribution in [3.05, 3.63) is 35.9 Å². The second kappa shape index (κ2) is 4.22. The number of rotatable bonds is 3. The van der Waals surface area contributed by atoms with Crippen molar-refractivity contribution in [3.63, 3.8) is 0 Å². The Morgan fingerprint density at radius 1 is 1.44 bits per heavy atom. The average molecular weight is 217 g/mol. The van der Waals surface area contributed by atoms with Gasteiger partial charge in [0.15, 0.2) is 0 Å². The van der Waals surface area contributed by atoms with Gasteiger partial charge < -0.3 is 11.1 Å². The van der Waals surface area contributed by atoms with E-state index in [1.54, 1.807) is 12.4 Å². The Kier molecular flexibility index (Phi) is 2.76. The summed E-state index contributed by atoms with van der Waals surface area (Å²) in [6.07, 6.45) is 5.22. The number of anilines is 2. The molecule has 0 saturated carbocycles. The van der Waals surface area contributed by atoms with Gasteiger partial charge >= 0.3 is 0 Å². The van der Waals surface area contributed by atoms with Crippen LogP contribution in [0.3, 0.4) is 0 Å². The zero-order chi connectivity index (χ0) is 11.5. The van der Waals surface area contributed by atoms with Crippen LogP contribution < -0.4 is 11.1 Å². The van der Waals surface area contributed by atoms with E-state index in [1.807, 2.05) is 30.9 Å². The molecule has 2 aromatic heterocycles. The molecule has 0 aliphatic rings. The highest BCUT2D eigenvalue weighted by Crippen LogP contribution is 2.17. The first kappa shape index (κ1) is 10.5. The van der Waals surface area contributed by atoms with Crippen LogP contribution in [0.25, 0.3) is 0 Å². The van der Waals surface area contributed by atoms with Gasteiger partial charge in [0.05, 0.1) is 23.8 Å². The molecule has 0 atom stereocenters. The predicted octanol–water partition coefficient (Wildman–Crippen LogP) is 1.32. The van der Waals surface area contributed by atoms with Gasteiger partial charge in [0.1, 0.15) is 0 Å². The number of aromatic nitrogens is 3. The molecule has 0 saturated heterocycles. The molecule has 2 rings (SSSR count). The number of hydrogen-bond donors (Lipinski definition) is 2. The molecule has 2 heterocycles. The van der Waals surface area contributed by atoms with E-state index in [-0.39, 0.29) is 0 Å². The van der Waals surface area contributed by atoms with Crippen molar-refractivity contribution < 1.29 is 0 Å². The van der Waals surface area contributed by atoms with E-state index in [1.165, 1.54) is 5.56 Å². The third-order valence-corrected chi connectivity index (χ3v) is 2.66. The lowest BCUT2D eigenvalue weighted by Gasteiger charge is -2.08. The van der Waals surface area contributed by atoms with Crippen LogP contribution in [0.5, 0.6) is 0 Å². The summed E-state index contributed by atoms with van der Waals surface area (Å²) in [7, 11) is 1.93. The fourth-order valence-corrected chi connectivity index (χ4v) is 1.48. The summed E-state index contributed by atoms with van der Waals surface area (Å²) in [5.41, 5.74) is 9.66. The van der Waals surface area contributed by atoms with E-state index in [4.69, 9.17) is 5.73 Å². The van der Waals surface area contributed by atoms with Gasteiger partial charge in [-0.2, -0.15) is 5.10 Å². The van der Waals surface area contributed by atoms with Crippen LogP contribution in [0.2, 0.25) is 0 Å². The summed E-state index contributed by atoms with van der Waals surface area (Å²) < 4.78 is 1.85. The zero-order valence-corrected chi connectivity index (χ0v) is 9.44. The summed E-state index contributed by atoms with van der Waals surface area (Å²) >= 11 is 0. The van der Waals surface area contributed by atoms with E-state index in [2.05, 4.69) is 15.4 Å². The molecule has 16 heavy (non-hydrogen) atoms. The molecule has 84 valence electrons. The number of hydrogen-bond acceptors (Lipinski definition) is 4. The van der Waals surface area contributed by atoms with Crippen LogP contribution in [0, 0.1) is 6.92 Å². The molecule has 0 amide bonds. The number of aryl methyl sites for hydroxylation is 1. The Balaban J connectivity index is 2.08. The highest BCUT2D eigenvalue weighted by Gasteiger charge is 2.04. The molecular formula is C11H15N5. The quantitative estimate of drug-likeness (QED) is 0.813. The molecule has 0 radical (unpaired) electrons. The molecule has 0 unspecified atom stereocenters. The Hall–Kier alpha value is -2.04. The van der Waals surface area contributed by atoms with Crippen molar-refractivity contribution in [1.29, 1.82) is 0 Å². The smallest absolute Gasteiger partial charge is 0.0736 e. The maximum absolute atomic E-state index is 5.78. The van der Waals surface area contributed by atoms with E-state index in [9.17, 15) is 0 Å². The van der Waals surface area contributed by atoms with E-state index >= 15 is 0 Å². The molecule has 0 bridgehead atoms. The summed E-state index contributed by atoms with van der Waals surface area (Å²) in [5.74, 6) is 0. The lowest BCUT2D eigenvalue weighted by atomic mass is 10.2. The summed E-state index contributed by atoms with van der Waals surface area (Å²) in [6.45, 7) is 2.76. The number of nitrogens with one attached hydrogen (secondary N) is 1. The molecule has 0 spiro atoms. The van der Waals surface area contributed by atoms with Crippen LogP contribution in [-0.4, -0.2) is 14.8 Å². The fourth-order valence-electron chi connectivity index (χ4n) is 1.48. The van der Waals surface area contributed by atoms with E-state index < -0.39 is 0 Å². The molecule has 0 aliphatic carbocycles. The molecule has 5 nitrogen and oxygen atoms in total. The van der Waals surface area contributed by atoms with Gasteiger partial charge in [-0.1, -0.05) is 0 Å². The Morgan fingerprint density at radius 3 is 2.88 bits per heavy atom. The van der Waals surface area contributed by atoms with Crippen molar-refractivity contribution >= 4 is 11.4 Å². The van der Waals surface area contributed by atoms with Gasteiger partial charge in [-0.05, 0) is 13.0 Å². The van der Waals surface area contributed by atoms with E-state index in [0.717, 1.165) is 11.4 Å². The number of nitrogens with two attached hydrogens (primary N) is 1. The molecule has 0 fully saturated rings. The van der Waals surface area contributed by atoms with Crippen LogP contribution >= 0.6 is 0 Å². The molecule has 2 aromatic rings. The third-order valence-electron chi connectivity index (χ3n) is 2.66. The van der Waals surface area contributed by atoms with Gasteiger partial charge in [-0.3, -0.25) is 9.67 Å². The second-order valence-corrected chi connectivity index (χ2v) is 3.70. The minimum Gasteiger partial charge on any atom is -0.396 e. The van der Waals surface area contributed by atoms with Crippen molar-refractivity contribution in [2.75, 3.05) is 11.1 Å². The van der Waals surface area contributed by atoms with Crippen LogP contribution in [0.15, 0.2) is 24.7 Å². The Morgan fingerprint density at radius 2 is 2.25 bits per heavy atom. The maximum atomic E-state index is 5.78. The van der Waals surface area contributed by atoms with Gasteiger partial charge in [0.2, 0.25) is 0 Å². The van der Waals surface area contributed by atoms with Crippen molar-refractivity contribution in [2.45, 2.75) is 13.5 Å². The van der Waals surface area contributed by atoms with Gasteiger partial charge in [-0.15, -0.1) is 0 Å². The second-order valence-electron chi connectivity index (χ2n) is 3.70.